The monoisotopic (exact) mass is 310 g/mol. The van der Waals surface area contributed by atoms with Crippen LogP contribution in [0.3, 0.4) is 0 Å². The van der Waals surface area contributed by atoms with Crippen molar-refractivity contribution in [2.45, 2.75) is 20.3 Å². The van der Waals surface area contributed by atoms with Crippen molar-refractivity contribution in [1.29, 1.82) is 0 Å². The molecule has 2 rings (SSSR count). The van der Waals surface area contributed by atoms with E-state index in [4.69, 9.17) is 0 Å². The number of aliphatic hydroxyl groups excluding tert-OH is 2. The molecule has 0 spiro atoms. The van der Waals surface area contributed by atoms with Crippen LogP contribution < -0.4 is 10.2 Å². The summed E-state index contributed by atoms with van der Waals surface area (Å²) in [5.41, 5.74) is 0. The zero-order valence-corrected chi connectivity index (χ0v) is 13.3. The number of hydrogen-bond acceptors (Lipinski definition) is 7. The number of anilines is 2. The molecule has 7 heteroatoms. The zero-order chi connectivity index (χ0) is 15.2. The van der Waals surface area contributed by atoms with Gasteiger partial charge in [0.2, 0.25) is 5.95 Å². The lowest BCUT2D eigenvalue weighted by Crippen LogP contribution is -2.30. The highest BCUT2D eigenvalue weighted by Crippen LogP contribution is 2.31. The van der Waals surface area contributed by atoms with Crippen molar-refractivity contribution in [3.8, 4) is 0 Å². The number of nitrogens with one attached hydrogen (secondary N) is 1. The summed E-state index contributed by atoms with van der Waals surface area (Å²) in [5, 5.41) is 22.6. The van der Waals surface area contributed by atoms with Gasteiger partial charge in [0, 0.05) is 24.5 Å². The van der Waals surface area contributed by atoms with E-state index in [0.29, 0.717) is 19.0 Å². The second kappa shape index (κ2) is 7.53. The summed E-state index contributed by atoms with van der Waals surface area (Å²) in [5.74, 6) is 1.37. The Kier molecular flexibility index (Phi) is 5.72. The second-order valence-electron chi connectivity index (χ2n) is 4.81. The minimum absolute atomic E-state index is 0.0202. The highest BCUT2D eigenvalue weighted by molar-refractivity contribution is 7.18. The SMILES string of the molecule is CCCNc1nc(N(CCO)CCO)c2cc(C)sc2n1. The molecule has 3 N–H and O–H groups in total. The summed E-state index contributed by atoms with van der Waals surface area (Å²) in [6.45, 7) is 5.86. The Balaban J connectivity index is 2.46. The van der Waals surface area contributed by atoms with Gasteiger partial charge in [-0.3, -0.25) is 0 Å². The first-order chi connectivity index (χ1) is 10.2. The van der Waals surface area contributed by atoms with Crippen molar-refractivity contribution in [3.05, 3.63) is 10.9 Å². The summed E-state index contributed by atoms with van der Waals surface area (Å²) in [6.07, 6.45) is 0.997. The third-order valence-electron chi connectivity index (χ3n) is 3.07. The average Bonchev–Trinajstić information content (AvgIpc) is 2.84. The molecule has 0 bridgehead atoms. The fourth-order valence-electron chi connectivity index (χ4n) is 2.15. The first-order valence-electron chi connectivity index (χ1n) is 7.18. The van der Waals surface area contributed by atoms with Crippen LogP contribution in [0.1, 0.15) is 18.2 Å². The maximum absolute atomic E-state index is 9.23. The molecule has 0 saturated carbocycles. The van der Waals surface area contributed by atoms with Gasteiger partial charge in [-0.2, -0.15) is 4.98 Å². The van der Waals surface area contributed by atoms with E-state index in [2.05, 4.69) is 28.3 Å². The second-order valence-corrected chi connectivity index (χ2v) is 6.04. The van der Waals surface area contributed by atoms with Crippen LogP contribution in [0.25, 0.3) is 10.2 Å². The van der Waals surface area contributed by atoms with Crippen LogP contribution in [-0.2, 0) is 0 Å². The van der Waals surface area contributed by atoms with E-state index in [0.717, 1.165) is 29.0 Å². The van der Waals surface area contributed by atoms with Gasteiger partial charge in [-0.1, -0.05) is 6.92 Å². The molecule has 116 valence electrons. The van der Waals surface area contributed by atoms with E-state index >= 15 is 0 Å². The predicted molar refractivity (Wildman–Crippen MR) is 87.3 cm³/mol. The Morgan fingerprint density at radius 3 is 2.57 bits per heavy atom. The average molecular weight is 310 g/mol. The Labute approximate surface area is 128 Å². The van der Waals surface area contributed by atoms with E-state index in [-0.39, 0.29) is 13.2 Å². The number of rotatable bonds is 8. The van der Waals surface area contributed by atoms with Crippen LogP contribution in [0.15, 0.2) is 6.07 Å². The van der Waals surface area contributed by atoms with E-state index < -0.39 is 0 Å². The molecule has 0 aromatic carbocycles. The van der Waals surface area contributed by atoms with Crippen LogP contribution in [-0.4, -0.2) is 53.0 Å². The molecule has 0 atom stereocenters. The molecular weight excluding hydrogens is 288 g/mol. The Morgan fingerprint density at radius 1 is 1.24 bits per heavy atom. The summed E-state index contributed by atoms with van der Waals surface area (Å²) in [7, 11) is 0. The zero-order valence-electron chi connectivity index (χ0n) is 12.5. The molecule has 21 heavy (non-hydrogen) atoms. The molecule has 0 amide bonds. The van der Waals surface area contributed by atoms with Crippen molar-refractivity contribution in [1.82, 2.24) is 9.97 Å². The number of hydrogen-bond donors (Lipinski definition) is 3. The van der Waals surface area contributed by atoms with Gasteiger partial charge in [-0.15, -0.1) is 11.3 Å². The quantitative estimate of drug-likeness (QED) is 0.687. The first-order valence-corrected chi connectivity index (χ1v) is 8.00. The first kappa shape index (κ1) is 15.9. The van der Waals surface area contributed by atoms with Gasteiger partial charge in [0.15, 0.2) is 0 Å². The van der Waals surface area contributed by atoms with Gasteiger partial charge in [-0.05, 0) is 19.4 Å². The third kappa shape index (κ3) is 3.81. The molecular formula is C14H22N4O2S. The molecule has 0 fully saturated rings. The minimum atomic E-state index is 0.0202. The fraction of sp³-hybridized carbons (Fsp3) is 0.571. The van der Waals surface area contributed by atoms with Gasteiger partial charge in [0.05, 0.1) is 18.6 Å². The number of aryl methyl sites for hydroxylation is 1. The lowest BCUT2D eigenvalue weighted by Gasteiger charge is -2.23. The van der Waals surface area contributed by atoms with E-state index in [1.54, 1.807) is 11.3 Å². The van der Waals surface area contributed by atoms with E-state index in [9.17, 15) is 10.2 Å². The largest absolute Gasteiger partial charge is 0.395 e. The molecule has 2 aromatic heterocycles. The standard InChI is InChI=1S/C14H22N4O2S/c1-3-4-15-14-16-12(18(5-7-19)6-8-20)11-9-10(2)21-13(11)17-14/h9,19-20H,3-8H2,1-2H3,(H,15,16,17). The van der Waals surface area contributed by atoms with Crippen molar-refractivity contribution in [2.24, 2.45) is 0 Å². The third-order valence-corrected chi connectivity index (χ3v) is 4.01. The van der Waals surface area contributed by atoms with Gasteiger partial charge >= 0.3 is 0 Å². The molecule has 0 aliphatic carbocycles. The summed E-state index contributed by atoms with van der Waals surface area (Å²) >= 11 is 1.62. The Hall–Kier alpha value is -1.44. The van der Waals surface area contributed by atoms with E-state index in [1.165, 1.54) is 4.88 Å². The fourth-order valence-corrected chi connectivity index (χ4v) is 3.02. The predicted octanol–water partition coefficient (Wildman–Crippen LogP) is 1.61. The van der Waals surface area contributed by atoms with Crippen LogP contribution in [0.2, 0.25) is 0 Å². The highest BCUT2D eigenvalue weighted by Gasteiger charge is 2.16. The molecule has 0 radical (unpaired) electrons. The van der Waals surface area contributed by atoms with Crippen molar-refractivity contribution < 1.29 is 10.2 Å². The Bertz CT molecular complexity index is 582. The topological polar surface area (TPSA) is 81.5 Å². The van der Waals surface area contributed by atoms with Crippen molar-refractivity contribution in [2.75, 3.05) is 43.1 Å². The van der Waals surface area contributed by atoms with Gasteiger partial charge < -0.3 is 20.4 Å². The lowest BCUT2D eigenvalue weighted by molar-refractivity contribution is 0.281. The molecule has 0 aliphatic heterocycles. The maximum Gasteiger partial charge on any atom is 0.226 e. The van der Waals surface area contributed by atoms with Crippen LogP contribution >= 0.6 is 11.3 Å². The number of aromatic nitrogens is 2. The highest BCUT2D eigenvalue weighted by atomic mass is 32.1. The van der Waals surface area contributed by atoms with Gasteiger partial charge in [-0.25, -0.2) is 4.98 Å². The maximum atomic E-state index is 9.23. The number of aliphatic hydroxyl groups is 2. The molecule has 0 unspecified atom stereocenters. The lowest BCUT2D eigenvalue weighted by atomic mass is 10.3. The van der Waals surface area contributed by atoms with Gasteiger partial charge in [0.1, 0.15) is 10.6 Å². The molecule has 0 saturated heterocycles. The van der Waals surface area contributed by atoms with Crippen LogP contribution in [0.5, 0.6) is 0 Å². The van der Waals surface area contributed by atoms with E-state index in [1.807, 2.05) is 11.8 Å². The van der Waals surface area contributed by atoms with Crippen molar-refractivity contribution >= 4 is 33.3 Å². The minimum Gasteiger partial charge on any atom is -0.395 e. The molecule has 2 aromatic rings. The van der Waals surface area contributed by atoms with Crippen molar-refractivity contribution in [3.63, 3.8) is 0 Å². The summed E-state index contributed by atoms with van der Waals surface area (Å²) < 4.78 is 0. The smallest absolute Gasteiger partial charge is 0.226 e. The number of fused-ring (bicyclic) bond motifs is 1. The summed E-state index contributed by atoms with van der Waals surface area (Å²) in [6, 6.07) is 2.06. The molecule has 6 nitrogen and oxygen atoms in total. The van der Waals surface area contributed by atoms with Gasteiger partial charge in [0.25, 0.3) is 0 Å². The molecule has 2 heterocycles. The molecule has 0 aliphatic rings. The number of thiophene rings is 1. The van der Waals surface area contributed by atoms with Crippen LogP contribution in [0.4, 0.5) is 11.8 Å². The van der Waals surface area contributed by atoms with Crippen LogP contribution in [0, 0.1) is 6.92 Å². The normalized spacial score (nSPS) is 11.0. The Morgan fingerprint density at radius 2 is 1.95 bits per heavy atom. The number of nitrogens with zero attached hydrogens (tertiary/aromatic N) is 3. The summed E-state index contributed by atoms with van der Waals surface area (Å²) in [4.78, 5) is 13.1.